The molecule has 1 aliphatic rings. The first-order valence-electron chi connectivity index (χ1n) is 9.67. The van der Waals surface area contributed by atoms with Gasteiger partial charge >= 0.3 is 0 Å². The second-order valence-corrected chi connectivity index (χ2v) is 7.53. The molecular formula is C23H21ClN2O5. The number of ether oxygens (including phenoxy) is 3. The number of pyridine rings is 1. The highest BCUT2D eigenvalue weighted by Crippen LogP contribution is 2.42. The van der Waals surface area contributed by atoms with Crippen LogP contribution in [-0.2, 0) is 6.42 Å². The number of halogens is 1. The second kappa shape index (κ2) is 8.73. The first kappa shape index (κ1) is 20.8. The molecule has 0 saturated carbocycles. The maximum absolute atomic E-state index is 12.3. The van der Waals surface area contributed by atoms with Gasteiger partial charge in [0.25, 0.3) is 5.91 Å². The number of methoxy groups -OCH3 is 2. The van der Waals surface area contributed by atoms with Crippen LogP contribution in [0.3, 0.4) is 0 Å². The van der Waals surface area contributed by atoms with Crippen LogP contribution in [0.1, 0.15) is 15.9 Å². The van der Waals surface area contributed by atoms with Crippen LogP contribution in [0.2, 0.25) is 5.02 Å². The van der Waals surface area contributed by atoms with Gasteiger partial charge in [-0.15, -0.1) is 0 Å². The molecule has 3 aromatic rings. The van der Waals surface area contributed by atoms with Crippen LogP contribution >= 0.6 is 11.6 Å². The minimum atomic E-state index is -0.336. The molecule has 160 valence electrons. The molecule has 7 nitrogen and oxygen atoms in total. The van der Waals surface area contributed by atoms with E-state index in [1.54, 1.807) is 20.3 Å². The Hall–Kier alpha value is -3.45. The van der Waals surface area contributed by atoms with Crippen molar-refractivity contribution in [1.29, 1.82) is 0 Å². The maximum Gasteiger partial charge on any atom is 0.257 e. The molecule has 4 rings (SSSR count). The van der Waals surface area contributed by atoms with Crippen molar-refractivity contribution in [2.75, 3.05) is 20.8 Å². The molecule has 2 aromatic carbocycles. The summed E-state index contributed by atoms with van der Waals surface area (Å²) in [5.74, 6) is 1.70. The highest BCUT2D eigenvalue weighted by Gasteiger charge is 2.27. The largest absolute Gasteiger partial charge is 0.619 e. The summed E-state index contributed by atoms with van der Waals surface area (Å²) >= 11 is 6.51. The van der Waals surface area contributed by atoms with E-state index in [2.05, 4.69) is 5.32 Å². The predicted octanol–water partition coefficient (Wildman–Crippen LogP) is 3.39. The molecule has 8 heteroatoms. The second-order valence-electron chi connectivity index (χ2n) is 7.12. The Bertz CT molecular complexity index is 1130. The number of nitrogens with zero attached hydrogens (tertiary/aromatic N) is 1. The Balaban J connectivity index is 1.51. The van der Waals surface area contributed by atoms with Crippen LogP contribution in [0.4, 0.5) is 0 Å². The van der Waals surface area contributed by atoms with Gasteiger partial charge in [-0.3, -0.25) is 4.79 Å². The van der Waals surface area contributed by atoms with Gasteiger partial charge in [-0.1, -0.05) is 11.6 Å². The first-order valence-corrected chi connectivity index (χ1v) is 10.0. The fourth-order valence-corrected chi connectivity index (χ4v) is 3.88. The average molecular weight is 441 g/mol. The van der Waals surface area contributed by atoms with Gasteiger partial charge in [0.15, 0.2) is 12.4 Å². The van der Waals surface area contributed by atoms with E-state index in [0.717, 1.165) is 16.7 Å². The zero-order chi connectivity index (χ0) is 22.0. The summed E-state index contributed by atoms with van der Waals surface area (Å²) in [6.45, 7) is 0.287. The number of amides is 1. The Morgan fingerprint density at radius 1 is 1.26 bits per heavy atom. The standard InChI is InChI=1S/C23H21ClN2O5/c1-29-17-5-6-21(30-2)19(11-17)15-8-16-9-18(31-22(16)20(24)10-15)12-25-23(27)14-4-3-7-26(28)13-14/h3-8,10-11,13,18H,9,12H2,1-2H3,(H,25,27)/t18-/m1/s1. The number of nitrogens with one attached hydrogen (secondary N) is 1. The number of carbonyl (C=O) groups excluding carboxylic acids is 1. The molecule has 0 unspecified atom stereocenters. The fraction of sp³-hybridized carbons (Fsp3) is 0.217. The summed E-state index contributed by atoms with van der Waals surface area (Å²) in [5, 5.41) is 14.7. The van der Waals surface area contributed by atoms with E-state index in [1.807, 2.05) is 30.3 Å². The van der Waals surface area contributed by atoms with Gasteiger partial charge in [0.1, 0.15) is 28.9 Å². The minimum Gasteiger partial charge on any atom is -0.619 e. The van der Waals surface area contributed by atoms with E-state index in [9.17, 15) is 10.0 Å². The van der Waals surface area contributed by atoms with E-state index in [1.165, 1.54) is 18.5 Å². The summed E-state index contributed by atoms with van der Waals surface area (Å²) in [6, 6.07) is 12.5. The maximum atomic E-state index is 12.3. The van der Waals surface area contributed by atoms with Crippen LogP contribution in [0, 0.1) is 5.21 Å². The molecule has 1 aliphatic heterocycles. The molecule has 0 fully saturated rings. The van der Waals surface area contributed by atoms with Gasteiger partial charge in [-0.05, 0) is 42.0 Å². The van der Waals surface area contributed by atoms with E-state index in [0.29, 0.717) is 39.0 Å². The van der Waals surface area contributed by atoms with Crippen molar-refractivity contribution in [3.8, 4) is 28.4 Å². The SMILES string of the molecule is COc1ccc(OC)c(-c2cc(Cl)c3c(c2)C[C@H](CNC(=O)c2ccc[n+]([O-])c2)O3)c1. The van der Waals surface area contributed by atoms with Crippen molar-refractivity contribution in [1.82, 2.24) is 5.32 Å². The van der Waals surface area contributed by atoms with Gasteiger partial charge in [-0.2, -0.15) is 4.73 Å². The molecule has 1 atom stereocenters. The molecule has 0 saturated heterocycles. The molecule has 1 N–H and O–H groups in total. The molecule has 0 aliphatic carbocycles. The van der Waals surface area contributed by atoms with Gasteiger partial charge in [-0.25, -0.2) is 0 Å². The third kappa shape index (κ3) is 4.36. The topological polar surface area (TPSA) is 83.7 Å². The predicted molar refractivity (Wildman–Crippen MR) is 116 cm³/mol. The summed E-state index contributed by atoms with van der Waals surface area (Å²) in [5.41, 5.74) is 2.98. The van der Waals surface area contributed by atoms with E-state index in [4.69, 9.17) is 25.8 Å². The summed E-state index contributed by atoms with van der Waals surface area (Å²) in [7, 11) is 3.23. The molecular weight excluding hydrogens is 420 g/mol. The van der Waals surface area contributed by atoms with Gasteiger partial charge in [0.2, 0.25) is 0 Å². The Labute approximate surface area is 184 Å². The molecule has 31 heavy (non-hydrogen) atoms. The third-order valence-corrected chi connectivity index (χ3v) is 5.38. The normalized spacial score (nSPS) is 14.5. The van der Waals surface area contributed by atoms with Crippen LogP contribution in [0.25, 0.3) is 11.1 Å². The van der Waals surface area contributed by atoms with Crippen LogP contribution < -0.4 is 24.3 Å². The van der Waals surface area contributed by atoms with Crippen molar-refractivity contribution in [3.05, 3.63) is 76.2 Å². The van der Waals surface area contributed by atoms with Crippen molar-refractivity contribution in [2.24, 2.45) is 0 Å². The number of aromatic nitrogens is 1. The summed E-state index contributed by atoms with van der Waals surface area (Å²) in [4.78, 5) is 12.3. The number of hydrogen-bond acceptors (Lipinski definition) is 5. The number of benzene rings is 2. The number of rotatable bonds is 6. The molecule has 1 aromatic heterocycles. The lowest BCUT2D eigenvalue weighted by Gasteiger charge is -2.13. The lowest BCUT2D eigenvalue weighted by Crippen LogP contribution is -2.36. The Morgan fingerprint density at radius 3 is 2.84 bits per heavy atom. The van der Waals surface area contributed by atoms with Crippen LogP contribution in [0.5, 0.6) is 17.2 Å². The third-order valence-electron chi connectivity index (χ3n) is 5.10. The quantitative estimate of drug-likeness (QED) is 0.469. The molecule has 0 spiro atoms. The molecule has 0 bridgehead atoms. The zero-order valence-corrected chi connectivity index (χ0v) is 17.8. The van der Waals surface area contributed by atoms with Crippen LogP contribution in [-0.4, -0.2) is 32.8 Å². The number of hydrogen-bond donors (Lipinski definition) is 1. The van der Waals surface area contributed by atoms with E-state index >= 15 is 0 Å². The summed E-state index contributed by atoms with van der Waals surface area (Å²) < 4.78 is 17.4. The molecule has 2 heterocycles. The fourth-order valence-electron chi connectivity index (χ4n) is 3.59. The van der Waals surface area contributed by atoms with Gasteiger partial charge in [0.05, 0.1) is 25.8 Å². The first-order chi connectivity index (χ1) is 15.0. The molecule has 0 radical (unpaired) electrons. The number of fused-ring (bicyclic) bond motifs is 1. The smallest absolute Gasteiger partial charge is 0.257 e. The average Bonchev–Trinajstić information content (AvgIpc) is 3.20. The van der Waals surface area contributed by atoms with E-state index in [-0.39, 0.29) is 18.6 Å². The number of carbonyl (C=O) groups is 1. The van der Waals surface area contributed by atoms with Gasteiger partial charge in [0, 0.05) is 23.6 Å². The van der Waals surface area contributed by atoms with Crippen molar-refractivity contribution in [2.45, 2.75) is 12.5 Å². The highest BCUT2D eigenvalue weighted by molar-refractivity contribution is 6.32. The van der Waals surface area contributed by atoms with Gasteiger partial charge < -0.3 is 24.7 Å². The lowest BCUT2D eigenvalue weighted by atomic mass is 9.99. The Morgan fingerprint density at radius 2 is 2.10 bits per heavy atom. The van der Waals surface area contributed by atoms with Crippen molar-refractivity contribution in [3.63, 3.8) is 0 Å². The highest BCUT2D eigenvalue weighted by atomic mass is 35.5. The zero-order valence-electron chi connectivity index (χ0n) is 17.1. The van der Waals surface area contributed by atoms with E-state index < -0.39 is 0 Å². The molecule has 1 amide bonds. The lowest BCUT2D eigenvalue weighted by molar-refractivity contribution is -0.605. The monoisotopic (exact) mass is 440 g/mol. The summed E-state index contributed by atoms with van der Waals surface area (Å²) in [6.07, 6.45) is 2.88. The van der Waals surface area contributed by atoms with Crippen molar-refractivity contribution >= 4 is 17.5 Å². The van der Waals surface area contributed by atoms with Crippen LogP contribution in [0.15, 0.2) is 54.9 Å². The minimum absolute atomic E-state index is 0.262. The Kier molecular flexibility index (Phi) is 5.86. The van der Waals surface area contributed by atoms with Crippen molar-refractivity contribution < 1.29 is 23.7 Å².